The fourth-order valence-electron chi connectivity index (χ4n) is 4.26. The Labute approximate surface area is 196 Å². The van der Waals surface area contributed by atoms with Crippen molar-refractivity contribution in [2.75, 3.05) is 19.9 Å². The number of benzene rings is 2. The van der Waals surface area contributed by atoms with Crippen molar-refractivity contribution in [1.82, 2.24) is 8.87 Å². The first kappa shape index (κ1) is 22.1. The van der Waals surface area contributed by atoms with Gasteiger partial charge in [0.25, 0.3) is 5.91 Å². The number of piperidine rings is 1. The largest absolute Gasteiger partial charge is 0.454 e. The van der Waals surface area contributed by atoms with Gasteiger partial charge in [0, 0.05) is 31.8 Å². The van der Waals surface area contributed by atoms with Gasteiger partial charge in [0.1, 0.15) is 0 Å². The first-order chi connectivity index (χ1) is 15.9. The highest BCUT2D eigenvalue weighted by Crippen LogP contribution is 2.37. The zero-order valence-electron chi connectivity index (χ0n) is 18.5. The van der Waals surface area contributed by atoms with Crippen LogP contribution in [0.4, 0.5) is 0 Å². The molecular weight excluding hydrogens is 462 g/mol. The lowest BCUT2D eigenvalue weighted by Gasteiger charge is -2.30. The molecule has 0 N–H and O–H groups in total. The number of hydrogen-bond donors (Lipinski definition) is 0. The van der Waals surface area contributed by atoms with Gasteiger partial charge in [-0.2, -0.15) is 9.30 Å². The minimum Gasteiger partial charge on any atom is -0.454 e. The molecule has 0 aliphatic carbocycles. The molecule has 10 heteroatoms. The molecule has 0 saturated carbocycles. The van der Waals surface area contributed by atoms with Crippen LogP contribution in [-0.4, -0.2) is 43.1 Å². The molecule has 1 fully saturated rings. The van der Waals surface area contributed by atoms with Crippen molar-refractivity contribution in [3.8, 4) is 11.5 Å². The maximum atomic E-state index is 13.1. The Hall–Kier alpha value is -2.69. The second-order valence-electron chi connectivity index (χ2n) is 8.27. The van der Waals surface area contributed by atoms with Crippen LogP contribution in [-0.2, 0) is 21.4 Å². The van der Waals surface area contributed by atoms with E-state index in [0.717, 1.165) is 15.8 Å². The molecule has 0 bridgehead atoms. The zero-order valence-corrected chi connectivity index (χ0v) is 20.1. The Morgan fingerprint density at radius 1 is 1.18 bits per heavy atom. The first-order valence-electron chi connectivity index (χ1n) is 10.9. The van der Waals surface area contributed by atoms with E-state index in [9.17, 15) is 13.2 Å². The quantitative estimate of drug-likeness (QED) is 0.563. The summed E-state index contributed by atoms with van der Waals surface area (Å²) in [6, 6.07) is 10.6. The highest BCUT2D eigenvalue weighted by atomic mass is 32.2. The lowest BCUT2D eigenvalue weighted by Crippen LogP contribution is -2.42. The maximum Gasteiger partial charge on any atom is 0.252 e. The molecule has 174 valence electrons. The number of sulfonamides is 1. The number of carbonyl (C=O) groups excluding carboxylic acids is 1. The Morgan fingerprint density at radius 2 is 1.91 bits per heavy atom. The second-order valence-corrected chi connectivity index (χ2v) is 11.2. The Balaban J connectivity index is 1.43. The van der Waals surface area contributed by atoms with Crippen LogP contribution in [0.2, 0.25) is 0 Å². The topological polar surface area (TPSA) is 90.2 Å². The molecule has 0 spiro atoms. The molecule has 0 radical (unpaired) electrons. The highest BCUT2D eigenvalue weighted by Gasteiger charge is 2.33. The van der Waals surface area contributed by atoms with E-state index in [1.807, 2.05) is 30.5 Å². The molecular formula is C23H25N3O5S2. The van der Waals surface area contributed by atoms with Crippen molar-refractivity contribution in [1.29, 1.82) is 0 Å². The predicted molar refractivity (Wildman–Crippen MR) is 125 cm³/mol. The van der Waals surface area contributed by atoms with Gasteiger partial charge in [-0.15, -0.1) is 0 Å². The van der Waals surface area contributed by atoms with Gasteiger partial charge in [-0.05, 0) is 38.8 Å². The first-order valence-corrected chi connectivity index (χ1v) is 13.2. The van der Waals surface area contributed by atoms with E-state index in [1.54, 1.807) is 24.3 Å². The van der Waals surface area contributed by atoms with Crippen LogP contribution >= 0.6 is 11.3 Å². The number of aromatic nitrogens is 1. The van der Waals surface area contributed by atoms with Crippen molar-refractivity contribution in [2.45, 2.75) is 38.1 Å². The minimum atomic E-state index is -3.65. The molecule has 2 aliphatic rings. The highest BCUT2D eigenvalue weighted by molar-refractivity contribution is 7.89. The van der Waals surface area contributed by atoms with Crippen LogP contribution in [0.25, 0.3) is 10.2 Å². The van der Waals surface area contributed by atoms with E-state index < -0.39 is 15.9 Å². The molecule has 1 aromatic heterocycles. The average Bonchev–Trinajstić information content (AvgIpc) is 3.40. The lowest BCUT2D eigenvalue weighted by molar-refractivity contribution is -0.122. The van der Waals surface area contributed by atoms with Crippen LogP contribution in [0.5, 0.6) is 11.5 Å². The molecule has 2 aliphatic heterocycles. The summed E-state index contributed by atoms with van der Waals surface area (Å²) in [6.45, 7) is 5.31. The van der Waals surface area contributed by atoms with Crippen LogP contribution in [0.15, 0.2) is 46.3 Å². The number of amides is 1. The number of thiazole rings is 1. The molecule has 1 saturated heterocycles. The SMILES string of the molecule is CCn1c(=NC(=O)C2CCCN(S(=O)(=O)c3ccc(C)cc3)C2)sc2cc3c(cc21)OCO3. The van der Waals surface area contributed by atoms with Crippen LogP contribution < -0.4 is 14.3 Å². The third-order valence-corrected chi connectivity index (χ3v) is 9.01. The molecule has 1 unspecified atom stereocenters. The summed E-state index contributed by atoms with van der Waals surface area (Å²) in [4.78, 5) is 18.4. The Bertz CT molecular complexity index is 1390. The fraction of sp³-hybridized carbons (Fsp3) is 0.391. The van der Waals surface area contributed by atoms with E-state index in [1.165, 1.54) is 15.6 Å². The van der Waals surface area contributed by atoms with E-state index in [0.29, 0.717) is 42.2 Å². The summed E-state index contributed by atoms with van der Waals surface area (Å²) in [6.07, 6.45) is 1.24. The molecule has 33 heavy (non-hydrogen) atoms. The summed E-state index contributed by atoms with van der Waals surface area (Å²) in [5.41, 5.74) is 1.93. The van der Waals surface area contributed by atoms with Crippen molar-refractivity contribution in [3.05, 3.63) is 46.8 Å². The molecule has 8 nitrogen and oxygen atoms in total. The molecule has 1 atom stereocenters. The number of nitrogens with zero attached hydrogens (tertiary/aromatic N) is 3. The molecule has 1 amide bonds. The van der Waals surface area contributed by atoms with E-state index in [4.69, 9.17) is 9.47 Å². The van der Waals surface area contributed by atoms with Crippen molar-refractivity contribution < 1.29 is 22.7 Å². The zero-order chi connectivity index (χ0) is 23.2. The Morgan fingerprint density at radius 3 is 2.64 bits per heavy atom. The van der Waals surface area contributed by atoms with Gasteiger partial charge in [0.15, 0.2) is 16.3 Å². The van der Waals surface area contributed by atoms with Gasteiger partial charge in [0.05, 0.1) is 21.0 Å². The van der Waals surface area contributed by atoms with Gasteiger partial charge in [-0.3, -0.25) is 4.79 Å². The average molecular weight is 488 g/mol. The second kappa shape index (κ2) is 8.58. The van der Waals surface area contributed by atoms with Gasteiger partial charge in [-0.25, -0.2) is 8.42 Å². The van der Waals surface area contributed by atoms with E-state index in [-0.39, 0.29) is 24.1 Å². The number of fused-ring (bicyclic) bond motifs is 2. The summed E-state index contributed by atoms with van der Waals surface area (Å²) < 4.78 is 41.5. The van der Waals surface area contributed by atoms with Crippen LogP contribution in [0.3, 0.4) is 0 Å². The third kappa shape index (κ3) is 4.07. The van der Waals surface area contributed by atoms with Gasteiger partial charge >= 0.3 is 0 Å². The van der Waals surface area contributed by atoms with Crippen molar-refractivity contribution in [2.24, 2.45) is 10.9 Å². The standard InChI is InChI=1S/C23H25N3O5S2/c1-3-26-18-11-19-20(31-14-30-19)12-21(18)32-23(26)24-22(27)16-5-4-10-25(13-16)33(28,29)17-8-6-15(2)7-9-17/h6-9,11-12,16H,3-5,10,13-14H2,1-2H3. The number of carbonyl (C=O) groups is 1. The molecule has 3 heterocycles. The van der Waals surface area contributed by atoms with Crippen LogP contribution in [0, 0.1) is 12.8 Å². The molecule has 3 aromatic rings. The predicted octanol–water partition coefficient (Wildman–Crippen LogP) is 3.29. The van der Waals surface area contributed by atoms with Gasteiger partial charge in [0.2, 0.25) is 16.8 Å². The monoisotopic (exact) mass is 487 g/mol. The van der Waals surface area contributed by atoms with E-state index in [2.05, 4.69) is 4.99 Å². The number of rotatable bonds is 4. The minimum absolute atomic E-state index is 0.144. The number of aryl methyl sites for hydroxylation is 2. The fourth-order valence-corrected chi connectivity index (χ4v) is 6.89. The Kier molecular flexibility index (Phi) is 5.75. The van der Waals surface area contributed by atoms with E-state index >= 15 is 0 Å². The normalized spacial score (nSPS) is 19.3. The number of ether oxygens (including phenoxy) is 2. The smallest absolute Gasteiger partial charge is 0.252 e. The van der Waals surface area contributed by atoms with Crippen molar-refractivity contribution >= 4 is 37.5 Å². The maximum absolute atomic E-state index is 13.1. The number of hydrogen-bond acceptors (Lipinski definition) is 6. The van der Waals surface area contributed by atoms with Crippen LogP contribution in [0.1, 0.15) is 25.3 Å². The van der Waals surface area contributed by atoms with Gasteiger partial charge < -0.3 is 14.0 Å². The lowest BCUT2D eigenvalue weighted by atomic mass is 9.99. The summed E-state index contributed by atoms with van der Waals surface area (Å²) in [5, 5.41) is 0. The summed E-state index contributed by atoms with van der Waals surface area (Å²) in [5.74, 6) is 0.623. The molecule has 2 aromatic carbocycles. The third-order valence-electron chi connectivity index (χ3n) is 6.09. The summed E-state index contributed by atoms with van der Waals surface area (Å²) in [7, 11) is -3.65. The van der Waals surface area contributed by atoms with Crippen molar-refractivity contribution in [3.63, 3.8) is 0 Å². The molecule has 5 rings (SSSR count). The van der Waals surface area contributed by atoms with Gasteiger partial charge in [-0.1, -0.05) is 29.0 Å². The summed E-state index contributed by atoms with van der Waals surface area (Å²) >= 11 is 1.42.